The van der Waals surface area contributed by atoms with Gasteiger partial charge in [-0.3, -0.25) is 0 Å². The van der Waals surface area contributed by atoms with Gasteiger partial charge in [0.25, 0.3) is 0 Å². The Bertz CT molecular complexity index is 4720. The SMILES string of the molecule is C=Cc1ccc(Oc2ccc(C3(c4cc(C)ccc4C)c4ccccc4-c4ccc(N(c5ccc(F)cc5)c5ccc(N(c6ccc(F)cc6)c6ccc7c(c6)C(c6ccc(Oc8ccc(C=C)cc8)cc6)(c6cc(C)ccc6C)c6ccccc6-7)cc5)cc43)cc2)cc1. The molecule has 13 aromatic carbocycles. The van der Waals surface area contributed by atoms with Crippen molar-refractivity contribution in [3.63, 3.8) is 0 Å². The highest BCUT2D eigenvalue weighted by Crippen LogP contribution is 2.60. The molecule has 13 aromatic rings. The van der Waals surface area contributed by atoms with E-state index in [4.69, 9.17) is 9.47 Å². The lowest BCUT2D eigenvalue weighted by Gasteiger charge is -2.36. The molecule has 0 aliphatic heterocycles. The molecule has 2 atom stereocenters. The number of ether oxygens (including phenoxy) is 2. The van der Waals surface area contributed by atoms with E-state index in [1.807, 2.05) is 84.9 Å². The van der Waals surface area contributed by atoms with Gasteiger partial charge in [-0.15, -0.1) is 0 Å². The third-order valence-corrected chi connectivity index (χ3v) is 19.0. The summed E-state index contributed by atoms with van der Waals surface area (Å²) in [7, 11) is 0. The Balaban J connectivity index is 0.871. The molecule has 0 spiro atoms. The van der Waals surface area contributed by atoms with Crippen LogP contribution >= 0.6 is 0 Å². The normalized spacial score (nSPS) is 14.9. The summed E-state index contributed by atoms with van der Waals surface area (Å²) < 4.78 is 43.3. The Labute approximate surface area is 548 Å². The van der Waals surface area contributed by atoms with Crippen LogP contribution in [0.4, 0.5) is 42.9 Å². The molecular weight excluding hydrogens is 1150 g/mol. The highest BCUT2D eigenvalue weighted by molar-refractivity contribution is 5.92. The van der Waals surface area contributed by atoms with E-state index < -0.39 is 10.8 Å². The largest absolute Gasteiger partial charge is 0.457 e. The topological polar surface area (TPSA) is 24.9 Å². The summed E-state index contributed by atoms with van der Waals surface area (Å²) in [4.78, 5) is 4.41. The average molecular weight is 1220 g/mol. The Hall–Kier alpha value is -11.6. The molecule has 0 saturated carbocycles. The molecule has 0 N–H and O–H groups in total. The minimum atomic E-state index is -0.764. The van der Waals surface area contributed by atoms with E-state index in [0.29, 0.717) is 0 Å². The molecule has 6 heteroatoms. The second-order valence-corrected chi connectivity index (χ2v) is 24.6. The van der Waals surface area contributed by atoms with Crippen molar-refractivity contribution >= 4 is 46.3 Å². The van der Waals surface area contributed by atoms with Crippen LogP contribution in [0, 0.1) is 39.3 Å². The van der Waals surface area contributed by atoms with Gasteiger partial charge in [0.1, 0.15) is 34.6 Å². The van der Waals surface area contributed by atoms with Crippen molar-refractivity contribution < 1.29 is 18.3 Å². The first-order valence-corrected chi connectivity index (χ1v) is 31.8. The van der Waals surface area contributed by atoms with Gasteiger partial charge in [-0.2, -0.15) is 0 Å². The third-order valence-electron chi connectivity index (χ3n) is 19.0. The van der Waals surface area contributed by atoms with E-state index in [-0.39, 0.29) is 11.6 Å². The Kier molecular flexibility index (Phi) is 14.9. The van der Waals surface area contributed by atoms with Crippen molar-refractivity contribution in [1.29, 1.82) is 0 Å². The minimum absolute atomic E-state index is 0.329. The van der Waals surface area contributed by atoms with Crippen LogP contribution < -0.4 is 19.3 Å². The maximum absolute atomic E-state index is 15.2. The van der Waals surface area contributed by atoms with E-state index in [9.17, 15) is 0 Å². The van der Waals surface area contributed by atoms with Crippen molar-refractivity contribution in [3.05, 3.63) is 394 Å². The van der Waals surface area contributed by atoms with Crippen molar-refractivity contribution in [2.45, 2.75) is 38.5 Å². The Morgan fingerprint density at radius 2 is 0.606 bits per heavy atom. The molecule has 0 radical (unpaired) electrons. The molecular formula is C88H66F2N2O2. The van der Waals surface area contributed by atoms with E-state index >= 15 is 8.78 Å². The molecule has 454 valence electrons. The van der Waals surface area contributed by atoms with Gasteiger partial charge >= 0.3 is 0 Å². The predicted octanol–water partition coefficient (Wildman–Crippen LogP) is 23.7. The lowest BCUT2D eigenvalue weighted by Crippen LogP contribution is -2.30. The number of rotatable bonds is 16. The minimum Gasteiger partial charge on any atom is -0.457 e. The van der Waals surface area contributed by atoms with E-state index in [1.54, 1.807) is 0 Å². The van der Waals surface area contributed by atoms with Crippen LogP contribution in [0.2, 0.25) is 0 Å². The van der Waals surface area contributed by atoms with Crippen molar-refractivity contribution in [2.24, 2.45) is 0 Å². The molecule has 15 rings (SSSR count). The molecule has 0 aromatic heterocycles. The van der Waals surface area contributed by atoms with Crippen LogP contribution in [0.25, 0.3) is 34.4 Å². The summed E-state index contributed by atoms with van der Waals surface area (Å²) in [5.41, 5.74) is 23.9. The average Bonchev–Trinajstić information content (AvgIpc) is 1.52. The van der Waals surface area contributed by atoms with Crippen LogP contribution in [0.1, 0.15) is 77.9 Å². The number of halogens is 2. The van der Waals surface area contributed by atoms with Gasteiger partial charge in [-0.05, 0) is 262 Å². The summed E-state index contributed by atoms with van der Waals surface area (Å²) in [5.74, 6) is 2.27. The number of fused-ring (bicyclic) bond motifs is 6. The fraction of sp³-hybridized carbons (Fsp3) is 0.0682. The van der Waals surface area contributed by atoms with Gasteiger partial charge in [-0.25, -0.2) is 8.78 Å². The van der Waals surface area contributed by atoms with Crippen molar-refractivity contribution in [2.75, 3.05) is 9.80 Å². The van der Waals surface area contributed by atoms with E-state index in [1.165, 1.54) is 46.5 Å². The highest BCUT2D eigenvalue weighted by atomic mass is 19.1. The first-order chi connectivity index (χ1) is 45.9. The zero-order chi connectivity index (χ0) is 64.2. The zero-order valence-electron chi connectivity index (χ0n) is 52.7. The summed E-state index contributed by atoms with van der Waals surface area (Å²) in [6.45, 7) is 16.6. The maximum Gasteiger partial charge on any atom is 0.127 e. The molecule has 2 unspecified atom stereocenters. The fourth-order valence-electron chi connectivity index (χ4n) is 14.6. The van der Waals surface area contributed by atoms with Gasteiger partial charge in [0, 0.05) is 34.1 Å². The van der Waals surface area contributed by atoms with Gasteiger partial charge in [0.2, 0.25) is 0 Å². The zero-order valence-corrected chi connectivity index (χ0v) is 52.7. The summed E-state index contributed by atoms with van der Waals surface area (Å²) in [6.07, 6.45) is 3.65. The molecule has 2 aliphatic carbocycles. The quantitative estimate of drug-likeness (QED) is 0.0963. The monoisotopic (exact) mass is 1220 g/mol. The molecule has 0 bridgehead atoms. The molecule has 2 aliphatic rings. The van der Waals surface area contributed by atoms with Crippen molar-refractivity contribution in [3.8, 4) is 45.3 Å². The lowest BCUT2D eigenvalue weighted by atomic mass is 9.66. The molecule has 0 heterocycles. The lowest BCUT2D eigenvalue weighted by molar-refractivity contribution is 0.482. The van der Waals surface area contributed by atoms with Gasteiger partial charge in [0.05, 0.1) is 10.8 Å². The molecule has 0 amide bonds. The van der Waals surface area contributed by atoms with E-state index in [2.05, 4.69) is 245 Å². The predicted molar refractivity (Wildman–Crippen MR) is 382 cm³/mol. The Morgan fingerprint density at radius 1 is 0.298 bits per heavy atom. The molecule has 0 fully saturated rings. The first-order valence-electron chi connectivity index (χ1n) is 31.8. The number of anilines is 6. The standard InChI is InChI=1S/C88H66F2N2O2/c1-7-61-21-43-73(44-22-61)93-75-47-25-63(26-48-75)87(83-53-57(3)17-19-59(83)5)81-15-11-9-13-77(81)79-51-41-71(55-85(79)87)91(67-33-29-65(89)30-34-67)69-37-39-70(40-38-69)92(68-35-31-66(90)32-36-68)72-42-52-80-78-14-10-12-16-82(78)88(86(80)56-72,84-54-58(4)18-20-60(84)6)64-27-49-76(50-28-64)94-74-45-23-62(8-2)24-46-74/h7-56H,1-2H2,3-6H3. The summed E-state index contributed by atoms with van der Waals surface area (Å²) in [5, 5.41) is 0. The van der Waals surface area contributed by atoms with Crippen LogP contribution in [0.15, 0.2) is 304 Å². The van der Waals surface area contributed by atoms with Crippen LogP contribution in [-0.2, 0) is 10.8 Å². The van der Waals surface area contributed by atoms with E-state index in [0.717, 1.165) is 135 Å². The first kappa shape index (κ1) is 58.8. The number of hydrogen-bond acceptors (Lipinski definition) is 4. The molecule has 4 nitrogen and oxygen atoms in total. The number of benzene rings is 13. The number of hydrogen-bond donors (Lipinski definition) is 0. The van der Waals surface area contributed by atoms with Gasteiger partial charge in [0.15, 0.2) is 0 Å². The number of nitrogens with zero attached hydrogens (tertiary/aromatic N) is 2. The molecule has 94 heavy (non-hydrogen) atoms. The smallest absolute Gasteiger partial charge is 0.127 e. The fourth-order valence-corrected chi connectivity index (χ4v) is 14.6. The third kappa shape index (κ3) is 10.1. The summed E-state index contributed by atoms with van der Waals surface area (Å²) in [6, 6.07) is 99.4. The van der Waals surface area contributed by atoms with Crippen LogP contribution in [0.5, 0.6) is 23.0 Å². The van der Waals surface area contributed by atoms with Gasteiger partial charge < -0.3 is 19.3 Å². The highest BCUT2D eigenvalue weighted by Gasteiger charge is 2.49. The Morgan fingerprint density at radius 3 is 0.957 bits per heavy atom. The second kappa shape index (κ2) is 23.9. The van der Waals surface area contributed by atoms with Crippen LogP contribution in [-0.4, -0.2) is 0 Å². The van der Waals surface area contributed by atoms with Crippen LogP contribution in [0.3, 0.4) is 0 Å². The van der Waals surface area contributed by atoms with Gasteiger partial charge in [-0.1, -0.05) is 182 Å². The summed E-state index contributed by atoms with van der Waals surface area (Å²) >= 11 is 0. The molecule has 0 saturated heterocycles. The number of aryl methyl sites for hydroxylation is 4. The van der Waals surface area contributed by atoms with Crippen molar-refractivity contribution in [1.82, 2.24) is 0 Å². The maximum atomic E-state index is 15.2. The second-order valence-electron chi connectivity index (χ2n) is 24.6.